The van der Waals surface area contributed by atoms with Crippen molar-refractivity contribution in [3.8, 4) is 0 Å². The van der Waals surface area contributed by atoms with Crippen LogP contribution in [0.15, 0.2) is 28.7 Å². The third-order valence-corrected chi connectivity index (χ3v) is 4.45. The summed E-state index contributed by atoms with van der Waals surface area (Å²) >= 11 is 6.16. The molecule has 0 saturated heterocycles. The Morgan fingerprint density at radius 2 is 1.89 bits per heavy atom. The largest absolute Gasteiger partial charge is 0.462 e. The van der Waals surface area contributed by atoms with Crippen LogP contribution in [-0.4, -0.2) is 30.8 Å². The Bertz CT molecular complexity index is 891. The first-order valence-electron chi connectivity index (χ1n) is 8.85. The van der Waals surface area contributed by atoms with Gasteiger partial charge in [-0.05, 0) is 39.3 Å². The molecule has 0 aliphatic carbocycles. The van der Waals surface area contributed by atoms with Crippen LogP contribution in [0.3, 0.4) is 0 Å². The zero-order chi connectivity index (χ0) is 20.8. The van der Waals surface area contributed by atoms with Crippen LogP contribution in [-0.2, 0) is 9.53 Å². The zero-order valence-electron chi connectivity index (χ0n) is 16.2. The topological polar surface area (TPSA) is 97.6 Å². The summed E-state index contributed by atoms with van der Waals surface area (Å²) in [6.07, 6.45) is 0. The van der Waals surface area contributed by atoms with Gasteiger partial charge in [-0.25, -0.2) is 4.79 Å². The number of hydrogen-bond acceptors (Lipinski definition) is 6. The van der Waals surface area contributed by atoms with Crippen molar-refractivity contribution in [2.45, 2.75) is 33.7 Å². The van der Waals surface area contributed by atoms with E-state index in [4.69, 9.17) is 20.8 Å². The molecule has 0 fully saturated rings. The SMILES string of the molecule is CCOC(=O)c1c(NC(=O)CN[C@H](C)c2ccccc2Cl)oc(C)c1C(C)=O. The number of amides is 1. The zero-order valence-corrected chi connectivity index (χ0v) is 17.0. The van der Waals surface area contributed by atoms with E-state index in [1.807, 2.05) is 25.1 Å². The number of rotatable bonds is 8. The van der Waals surface area contributed by atoms with Crippen molar-refractivity contribution < 1.29 is 23.5 Å². The number of ketones is 1. The average molecular weight is 407 g/mol. The van der Waals surface area contributed by atoms with Gasteiger partial charge in [-0.1, -0.05) is 29.8 Å². The van der Waals surface area contributed by atoms with Crippen molar-refractivity contribution in [3.05, 3.63) is 51.7 Å². The van der Waals surface area contributed by atoms with Crippen molar-refractivity contribution in [2.24, 2.45) is 0 Å². The molecule has 2 rings (SSSR count). The summed E-state index contributed by atoms with van der Waals surface area (Å²) in [5.41, 5.74) is 0.891. The highest BCUT2D eigenvalue weighted by atomic mass is 35.5. The summed E-state index contributed by atoms with van der Waals surface area (Å²) in [6.45, 7) is 6.47. The van der Waals surface area contributed by atoms with Crippen LogP contribution < -0.4 is 10.6 Å². The Morgan fingerprint density at radius 1 is 1.21 bits per heavy atom. The molecule has 0 aliphatic heterocycles. The van der Waals surface area contributed by atoms with E-state index < -0.39 is 11.9 Å². The predicted molar refractivity (Wildman–Crippen MR) is 106 cm³/mol. The second kappa shape index (κ2) is 9.52. The quantitative estimate of drug-likeness (QED) is 0.509. The number of aryl methyl sites for hydroxylation is 1. The van der Waals surface area contributed by atoms with E-state index in [0.29, 0.717) is 5.02 Å². The second-order valence-corrected chi connectivity index (χ2v) is 6.59. The molecule has 1 atom stereocenters. The summed E-state index contributed by atoms with van der Waals surface area (Å²) < 4.78 is 10.4. The number of carbonyl (C=O) groups excluding carboxylic acids is 3. The summed E-state index contributed by atoms with van der Waals surface area (Å²) in [6, 6.07) is 7.16. The first-order valence-corrected chi connectivity index (χ1v) is 9.23. The van der Waals surface area contributed by atoms with Crippen LogP contribution >= 0.6 is 11.6 Å². The normalized spacial score (nSPS) is 11.8. The molecule has 1 amide bonds. The van der Waals surface area contributed by atoms with Gasteiger partial charge in [0, 0.05) is 11.1 Å². The molecule has 0 radical (unpaired) electrons. The van der Waals surface area contributed by atoms with Gasteiger partial charge in [0.1, 0.15) is 11.3 Å². The summed E-state index contributed by atoms with van der Waals surface area (Å²) in [5, 5.41) is 6.19. The van der Waals surface area contributed by atoms with Gasteiger partial charge in [0.25, 0.3) is 0 Å². The third kappa shape index (κ3) is 4.99. The lowest BCUT2D eigenvalue weighted by molar-refractivity contribution is -0.115. The minimum atomic E-state index is -0.725. The van der Waals surface area contributed by atoms with Crippen LogP contribution in [0.5, 0.6) is 0 Å². The van der Waals surface area contributed by atoms with Crippen molar-refractivity contribution in [3.63, 3.8) is 0 Å². The molecular formula is C20H23ClN2O5. The van der Waals surface area contributed by atoms with Crippen LogP contribution in [0, 0.1) is 6.92 Å². The van der Waals surface area contributed by atoms with E-state index in [1.165, 1.54) is 6.92 Å². The molecule has 0 saturated carbocycles. The molecule has 2 aromatic rings. The Hall–Kier alpha value is -2.64. The first-order chi connectivity index (χ1) is 13.3. The molecular weight excluding hydrogens is 384 g/mol. The van der Waals surface area contributed by atoms with Crippen LogP contribution in [0.2, 0.25) is 5.02 Å². The molecule has 1 heterocycles. The lowest BCUT2D eigenvalue weighted by Crippen LogP contribution is -2.30. The standard InChI is InChI=1S/C20H23ClN2O5/c1-5-27-20(26)18-17(12(3)24)13(4)28-19(18)23-16(25)10-22-11(2)14-8-6-7-9-15(14)21/h6-9,11,22H,5,10H2,1-4H3,(H,23,25)/t11-/m1/s1. The number of ether oxygens (including phenoxy) is 1. The van der Waals surface area contributed by atoms with E-state index in [2.05, 4.69) is 10.6 Å². The molecule has 0 bridgehead atoms. The number of esters is 1. The fourth-order valence-corrected chi connectivity index (χ4v) is 3.11. The lowest BCUT2D eigenvalue weighted by Gasteiger charge is -2.15. The Morgan fingerprint density at radius 3 is 2.50 bits per heavy atom. The number of hydrogen-bond donors (Lipinski definition) is 2. The summed E-state index contributed by atoms with van der Waals surface area (Å²) in [4.78, 5) is 36.5. The Balaban J connectivity index is 2.13. The number of halogens is 1. The molecule has 150 valence electrons. The maximum atomic E-state index is 12.4. The van der Waals surface area contributed by atoms with E-state index in [0.717, 1.165) is 5.56 Å². The van der Waals surface area contributed by atoms with Crippen LogP contribution in [0.1, 0.15) is 58.9 Å². The molecule has 7 nitrogen and oxygen atoms in total. The van der Waals surface area contributed by atoms with Crippen molar-refractivity contribution in [2.75, 3.05) is 18.5 Å². The van der Waals surface area contributed by atoms with E-state index in [9.17, 15) is 14.4 Å². The van der Waals surface area contributed by atoms with Gasteiger partial charge in [0.15, 0.2) is 5.78 Å². The maximum absolute atomic E-state index is 12.4. The number of carbonyl (C=O) groups is 3. The third-order valence-electron chi connectivity index (χ3n) is 4.11. The fourth-order valence-electron chi connectivity index (χ4n) is 2.81. The number of Topliss-reactive ketones (excluding diaryl/α,β-unsaturated/α-hetero) is 1. The van der Waals surface area contributed by atoms with E-state index in [1.54, 1.807) is 19.9 Å². The highest BCUT2D eigenvalue weighted by Crippen LogP contribution is 2.28. The minimum Gasteiger partial charge on any atom is -0.462 e. The van der Waals surface area contributed by atoms with Crippen LogP contribution in [0.4, 0.5) is 5.88 Å². The van der Waals surface area contributed by atoms with E-state index >= 15 is 0 Å². The van der Waals surface area contributed by atoms with Gasteiger partial charge in [-0.15, -0.1) is 0 Å². The van der Waals surface area contributed by atoms with Gasteiger partial charge in [-0.2, -0.15) is 0 Å². The van der Waals surface area contributed by atoms with Gasteiger partial charge in [0.05, 0.1) is 18.7 Å². The van der Waals surface area contributed by atoms with E-state index in [-0.39, 0.29) is 47.7 Å². The molecule has 1 aromatic heterocycles. The molecule has 8 heteroatoms. The number of furan rings is 1. The summed E-state index contributed by atoms with van der Waals surface area (Å²) in [5.74, 6) is -1.37. The Kier molecular flexibility index (Phi) is 7.37. The van der Waals surface area contributed by atoms with Gasteiger partial charge in [-0.3, -0.25) is 14.9 Å². The molecule has 2 N–H and O–H groups in total. The molecule has 0 unspecified atom stereocenters. The summed E-state index contributed by atoms with van der Waals surface area (Å²) in [7, 11) is 0. The first kappa shape index (κ1) is 21.7. The predicted octanol–water partition coefficient (Wildman–Crippen LogP) is 3.91. The number of nitrogens with one attached hydrogen (secondary N) is 2. The second-order valence-electron chi connectivity index (χ2n) is 6.19. The van der Waals surface area contributed by atoms with Crippen LogP contribution in [0.25, 0.3) is 0 Å². The maximum Gasteiger partial charge on any atom is 0.344 e. The van der Waals surface area contributed by atoms with Crippen molar-refractivity contribution in [1.29, 1.82) is 0 Å². The highest BCUT2D eigenvalue weighted by Gasteiger charge is 2.28. The van der Waals surface area contributed by atoms with Crippen molar-refractivity contribution in [1.82, 2.24) is 5.32 Å². The van der Waals surface area contributed by atoms with Gasteiger partial charge >= 0.3 is 5.97 Å². The number of benzene rings is 1. The number of anilines is 1. The van der Waals surface area contributed by atoms with Crippen molar-refractivity contribution >= 4 is 35.1 Å². The Labute approximate surface area is 168 Å². The monoisotopic (exact) mass is 406 g/mol. The minimum absolute atomic E-state index is 0.0518. The highest BCUT2D eigenvalue weighted by molar-refractivity contribution is 6.31. The molecule has 1 aromatic carbocycles. The molecule has 28 heavy (non-hydrogen) atoms. The molecule has 0 aliphatic rings. The smallest absolute Gasteiger partial charge is 0.344 e. The van der Waals surface area contributed by atoms with Gasteiger partial charge < -0.3 is 14.5 Å². The average Bonchev–Trinajstić information content (AvgIpc) is 2.96. The molecule has 0 spiro atoms. The lowest BCUT2D eigenvalue weighted by atomic mass is 10.1. The van der Waals surface area contributed by atoms with Gasteiger partial charge in [0.2, 0.25) is 11.8 Å². The fraction of sp³-hybridized carbons (Fsp3) is 0.350.